The smallest absolute Gasteiger partial charge is 0.325 e. The van der Waals surface area contributed by atoms with Gasteiger partial charge >= 0.3 is 5.97 Å². The first-order valence-corrected chi connectivity index (χ1v) is 3.27. The van der Waals surface area contributed by atoms with Crippen molar-refractivity contribution in [3.05, 3.63) is 0 Å². The lowest BCUT2D eigenvalue weighted by molar-refractivity contribution is -0.304. The standard InChI is InChI=1S/C7H12N2O3/c1-10-7(11-2,12-3)6(9)4-5-8/h9H,4H2,1-3H3. The van der Waals surface area contributed by atoms with E-state index in [-0.39, 0.29) is 12.1 Å². The molecular formula is C7H12N2O3. The predicted octanol–water partition coefficient (Wildman–Crippen LogP) is 0.513. The molecule has 0 radical (unpaired) electrons. The lowest BCUT2D eigenvalue weighted by atomic mass is 10.2. The van der Waals surface area contributed by atoms with Gasteiger partial charge in [0, 0.05) is 21.3 Å². The van der Waals surface area contributed by atoms with E-state index in [1.54, 1.807) is 0 Å². The minimum absolute atomic E-state index is 0.0579. The van der Waals surface area contributed by atoms with Crippen LogP contribution in [0, 0.1) is 16.7 Å². The van der Waals surface area contributed by atoms with Crippen molar-refractivity contribution in [2.24, 2.45) is 0 Å². The molecule has 0 heterocycles. The van der Waals surface area contributed by atoms with Crippen LogP contribution >= 0.6 is 0 Å². The molecule has 0 fully saturated rings. The fourth-order valence-corrected chi connectivity index (χ4v) is 0.807. The van der Waals surface area contributed by atoms with Crippen molar-refractivity contribution in [3.63, 3.8) is 0 Å². The van der Waals surface area contributed by atoms with Crippen LogP contribution < -0.4 is 0 Å². The molecule has 0 rings (SSSR count). The van der Waals surface area contributed by atoms with Gasteiger partial charge in [-0.2, -0.15) is 5.26 Å². The van der Waals surface area contributed by atoms with Crippen LogP contribution in [0.25, 0.3) is 0 Å². The SMILES string of the molecule is COC(OC)(OC)C(=N)CC#N. The minimum atomic E-state index is -1.50. The average Bonchev–Trinajstić information content (AvgIpc) is 2.09. The molecule has 68 valence electrons. The van der Waals surface area contributed by atoms with Gasteiger partial charge in [-0.1, -0.05) is 0 Å². The summed E-state index contributed by atoms with van der Waals surface area (Å²) in [4.78, 5) is 0. The summed E-state index contributed by atoms with van der Waals surface area (Å²) in [7, 11) is 4.04. The number of nitriles is 1. The van der Waals surface area contributed by atoms with Crippen LogP contribution in [0.15, 0.2) is 0 Å². The first kappa shape index (κ1) is 11.0. The first-order chi connectivity index (χ1) is 5.66. The van der Waals surface area contributed by atoms with Gasteiger partial charge in [0.25, 0.3) is 0 Å². The van der Waals surface area contributed by atoms with Crippen LogP contribution in [-0.4, -0.2) is 33.0 Å². The fraction of sp³-hybridized carbons (Fsp3) is 0.714. The molecule has 0 aromatic heterocycles. The molecule has 0 saturated carbocycles. The average molecular weight is 172 g/mol. The van der Waals surface area contributed by atoms with Crippen molar-refractivity contribution in [1.29, 1.82) is 10.7 Å². The van der Waals surface area contributed by atoms with E-state index in [1.807, 2.05) is 6.07 Å². The van der Waals surface area contributed by atoms with Gasteiger partial charge in [0.05, 0.1) is 12.5 Å². The highest BCUT2D eigenvalue weighted by molar-refractivity contribution is 5.88. The van der Waals surface area contributed by atoms with E-state index in [2.05, 4.69) is 0 Å². The van der Waals surface area contributed by atoms with Gasteiger partial charge in [0.15, 0.2) is 0 Å². The van der Waals surface area contributed by atoms with Gasteiger partial charge in [-0.05, 0) is 0 Å². The molecule has 0 aliphatic carbocycles. The normalized spacial score (nSPS) is 10.8. The van der Waals surface area contributed by atoms with E-state index in [1.165, 1.54) is 21.3 Å². The Labute approximate surface area is 71.3 Å². The number of nitrogens with one attached hydrogen (secondary N) is 1. The number of hydrogen-bond donors (Lipinski definition) is 1. The molecule has 0 aromatic carbocycles. The van der Waals surface area contributed by atoms with Crippen LogP contribution in [-0.2, 0) is 14.2 Å². The topological polar surface area (TPSA) is 75.3 Å². The van der Waals surface area contributed by atoms with Crippen molar-refractivity contribution in [2.45, 2.75) is 12.4 Å². The summed E-state index contributed by atoms with van der Waals surface area (Å²) in [5.74, 6) is -1.50. The van der Waals surface area contributed by atoms with Crippen molar-refractivity contribution in [2.75, 3.05) is 21.3 Å². The lowest BCUT2D eigenvalue weighted by Gasteiger charge is -2.27. The molecule has 1 N–H and O–H groups in total. The third kappa shape index (κ3) is 2.01. The Morgan fingerprint density at radius 1 is 1.33 bits per heavy atom. The van der Waals surface area contributed by atoms with E-state index in [9.17, 15) is 0 Å². The Morgan fingerprint density at radius 3 is 2.00 bits per heavy atom. The van der Waals surface area contributed by atoms with E-state index >= 15 is 0 Å². The highest BCUT2D eigenvalue weighted by atomic mass is 16.9. The summed E-state index contributed by atoms with van der Waals surface area (Å²) >= 11 is 0. The van der Waals surface area contributed by atoms with E-state index in [4.69, 9.17) is 24.9 Å². The third-order valence-electron chi connectivity index (χ3n) is 1.43. The summed E-state index contributed by atoms with van der Waals surface area (Å²) in [5, 5.41) is 15.7. The number of rotatable bonds is 5. The van der Waals surface area contributed by atoms with Gasteiger partial charge in [-0.25, -0.2) is 0 Å². The Morgan fingerprint density at radius 2 is 1.75 bits per heavy atom. The Balaban J connectivity index is 4.49. The molecule has 0 aliphatic heterocycles. The van der Waals surface area contributed by atoms with Crippen LogP contribution in [0.5, 0.6) is 0 Å². The maximum absolute atomic E-state index is 8.33. The molecule has 0 unspecified atom stereocenters. The molecule has 0 saturated heterocycles. The van der Waals surface area contributed by atoms with Gasteiger partial charge in [0.1, 0.15) is 5.71 Å². The Hall–Kier alpha value is -0.960. The Bertz CT molecular complexity index is 185. The zero-order chi connectivity index (χ0) is 9.61. The van der Waals surface area contributed by atoms with Crippen molar-refractivity contribution < 1.29 is 14.2 Å². The second-order valence-corrected chi connectivity index (χ2v) is 1.98. The van der Waals surface area contributed by atoms with Crippen LogP contribution in [0.4, 0.5) is 0 Å². The largest absolute Gasteiger partial charge is 0.326 e. The highest BCUT2D eigenvalue weighted by Gasteiger charge is 2.35. The molecule has 0 spiro atoms. The van der Waals surface area contributed by atoms with Crippen molar-refractivity contribution in [3.8, 4) is 6.07 Å². The maximum Gasteiger partial charge on any atom is 0.325 e. The summed E-state index contributed by atoms with van der Waals surface area (Å²) in [5.41, 5.74) is -0.0579. The van der Waals surface area contributed by atoms with Crippen LogP contribution in [0.2, 0.25) is 0 Å². The summed E-state index contributed by atoms with van der Waals surface area (Å²) < 4.78 is 14.5. The summed E-state index contributed by atoms with van der Waals surface area (Å²) in [6.45, 7) is 0. The van der Waals surface area contributed by atoms with Crippen molar-refractivity contribution in [1.82, 2.24) is 0 Å². The molecular weight excluding hydrogens is 160 g/mol. The second kappa shape index (κ2) is 4.83. The summed E-state index contributed by atoms with van der Waals surface area (Å²) in [6, 6.07) is 1.81. The second-order valence-electron chi connectivity index (χ2n) is 1.98. The zero-order valence-electron chi connectivity index (χ0n) is 7.38. The molecule has 0 amide bonds. The van der Waals surface area contributed by atoms with Gasteiger partial charge in [0.2, 0.25) is 0 Å². The number of ether oxygens (including phenoxy) is 3. The van der Waals surface area contributed by atoms with E-state index < -0.39 is 5.97 Å². The Kier molecular flexibility index (Phi) is 4.44. The summed E-state index contributed by atoms with van der Waals surface area (Å²) in [6.07, 6.45) is -0.0878. The highest BCUT2D eigenvalue weighted by Crippen LogP contribution is 2.15. The lowest BCUT2D eigenvalue weighted by Crippen LogP contribution is -2.44. The molecule has 0 aliphatic rings. The number of nitrogens with zero attached hydrogens (tertiary/aromatic N) is 1. The third-order valence-corrected chi connectivity index (χ3v) is 1.43. The monoisotopic (exact) mass is 172 g/mol. The van der Waals surface area contributed by atoms with E-state index in [0.29, 0.717) is 0 Å². The molecule has 0 aromatic rings. The van der Waals surface area contributed by atoms with Gasteiger partial charge in [-0.15, -0.1) is 0 Å². The maximum atomic E-state index is 8.33. The first-order valence-electron chi connectivity index (χ1n) is 3.27. The fourth-order valence-electron chi connectivity index (χ4n) is 0.807. The van der Waals surface area contributed by atoms with Crippen LogP contribution in [0.1, 0.15) is 6.42 Å². The van der Waals surface area contributed by atoms with Gasteiger partial charge in [-0.3, -0.25) is 0 Å². The van der Waals surface area contributed by atoms with Crippen LogP contribution in [0.3, 0.4) is 0 Å². The minimum Gasteiger partial charge on any atom is -0.326 e. The number of methoxy groups -OCH3 is 3. The molecule has 12 heavy (non-hydrogen) atoms. The number of hydrogen-bond acceptors (Lipinski definition) is 5. The predicted molar refractivity (Wildman–Crippen MR) is 41.7 cm³/mol. The molecule has 5 heteroatoms. The molecule has 0 bridgehead atoms. The quantitative estimate of drug-likeness (QED) is 0.484. The van der Waals surface area contributed by atoms with Crippen molar-refractivity contribution >= 4 is 5.71 Å². The zero-order valence-corrected chi connectivity index (χ0v) is 7.38. The molecule has 0 atom stereocenters. The molecule has 5 nitrogen and oxygen atoms in total. The van der Waals surface area contributed by atoms with Gasteiger partial charge < -0.3 is 19.6 Å². The van der Waals surface area contributed by atoms with E-state index in [0.717, 1.165) is 0 Å².